The Bertz CT molecular complexity index is 956. The molecule has 3 rings (SSSR count). The van der Waals surface area contributed by atoms with E-state index in [-0.39, 0.29) is 29.7 Å². The summed E-state index contributed by atoms with van der Waals surface area (Å²) in [7, 11) is -3.63. The highest BCUT2D eigenvalue weighted by Crippen LogP contribution is 2.12. The van der Waals surface area contributed by atoms with E-state index in [4.69, 9.17) is 4.74 Å². The van der Waals surface area contributed by atoms with Crippen LogP contribution in [0.15, 0.2) is 59.5 Å². The van der Waals surface area contributed by atoms with Crippen LogP contribution in [0.1, 0.15) is 12.0 Å². The third-order valence-electron chi connectivity index (χ3n) is 4.65. The number of morpholine rings is 1. The van der Waals surface area contributed by atoms with Crippen molar-refractivity contribution in [3.8, 4) is 0 Å². The van der Waals surface area contributed by atoms with Crippen LogP contribution < -0.4 is 10.0 Å². The van der Waals surface area contributed by atoms with E-state index in [9.17, 15) is 18.0 Å². The third-order valence-corrected chi connectivity index (χ3v) is 6.13. The molecule has 1 saturated heterocycles. The summed E-state index contributed by atoms with van der Waals surface area (Å²) in [6.45, 7) is 2.35. The van der Waals surface area contributed by atoms with Crippen LogP contribution in [0.3, 0.4) is 0 Å². The molecule has 0 atom stereocenters. The van der Waals surface area contributed by atoms with Gasteiger partial charge in [-0.15, -0.1) is 0 Å². The number of nitrogens with one attached hydrogen (secondary N) is 2. The fraction of sp³-hybridized carbons (Fsp3) is 0.333. The number of amides is 2. The Morgan fingerprint density at radius 1 is 0.967 bits per heavy atom. The molecule has 1 aliphatic rings. The van der Waals surface area contributed by atoms with Crippen molar-refractivity contribution >= 4 is 27.5 Å². The van der Waals surface area contributed by atoms with Gasteiger partial charge in [-0.3, -0.25) is 9.59 Å². The smallest absolute Gasteiger partial charge is 0.240 e. The van der Waals surface area contributed by atoms with Gasteiger partial charge in [0.25, 0.3) is 0 Å². The molecular weight excluding hydrogens is 406 g/mol. The molecule has 9 heteroatoms. The maximum absolute atomic E-state index is 12.3. The second kappa shape index (κ2) is 10.3. The number of carbonyl (C=O) groups is 2. The fourth-order valence-electron chi connectivity index (χ4n) is 3.01. The normalized spacial score (nSPS) is 14.3. The van der Waals surface area contributed by atoms with Crippen LogP contribution in [0.4, 0.5) is 5.69 Å². The number of nitrogens with zero attached hydrogens (tertiary/aromatic N) is 1. The molecule has 0 aromatic heterocycles. The molecule has 0 unspecified atom stereocenters. The van der Waals surface area contributed by atoms with Crippen LogP contribution in [0.5, 0.6) is 0 Å². The molecule has 0 radical (unpaired) electrons. The lowest BCUT2D eigenvalue weighted by Gasteiger charge is -2.26. The van der Waals surface area contributed by atoms with Gasteiger partial charge in [0.15, 0.2) is 0 Å². The first-order valence-corrected chi connectivity index (χ1v) is 11.2. The van der Waals surface area contributed by atoms with E-state index in [0.29, 0.717) is 38.4 Å². The predicted molar refractivity (Wildman–Crippen MR) is 112 cm³/mol. The Kier molecular flexibility index (Phi) is 7.56. The number of benzene rings is 2. The van der Waals surface area contributed by atoms with E-state index in [1.54, 1.807) is 47.4 Å². The van der Waals surface area contributed by atoms with Gasteiger partial charge in [0.2, 0.25) is 21.8 Å². The van der Waals surface area contributed by atoms with Crippen molar-refractivity contribution < 1.29 is 22.7 Å². The molecule has 1 fully saturated rings. The highest BCUT2D eigenvalue weighted by molar-refractivity contribution is 7.89. The fourth-order valence-corrected chi connectivity index (χ4v) is 4.06. The average Bonchev–Trinajstić information content (AvgIpc) is 2.76. The van der Waals surface area contributed by atoms with Crippen LogP contribution in [0.2, 0.25) is 0 Å². The number of anilines is 1. The Morgan fingerprint density at radius 2 is 1.63 bits per heavy atom. The average molecular weight is 432 g/mol. The van der Waals surface area contributed by atoms with Crippen molar-refractivity contribution in [3.05, 3.63) is 60.2 Å². The lowest BCUT2D eigenvalue weighted by atomic mass is 10.1. The summed E-state index contributed by atoms with van der Waals surface area (Å²) in [5.74, 6) is -0.247. The SMILES string of the molecule is O=C(CCNS(=O)(=O)c1ccccc1)Nc1ccc(CC(=O)N2CCOCC2)cc1. The maximum atomic E-state index is 12.3. The topological polar surface area (TPSA) is 105 Å². The lowest BCUT2D eigenvalue weighted by Crippen LogP contribution is -2.41. The predicted octanol–water partition coefficient (Wildman–Crippen LogP) is 1.39. The van der Waals surface area contributed by atoms with Gasteiger partial charge in [0.1, 0.15) is 0 Å². The number of rotatable bonds is 8. The summed E-state index contributed by atoms with van der Waals surface area (Å²) in [6, 6.07) is 15.1. The number of ether oxygens (including phenoxy) is 1. The highest BCUT2D eigenvalue weighted by atomic mass is 32.2. The molecule has 2 N–H and O–H groups in total. The monoisotopic (exact) mass is 431 g/mol. The minimum Gasteiger partial charge on any atom is -0.378 e. The van der Waals surface area contributed by atoms with Crippen molar-refractivity contribution in [2.45, 2.75) is 17.7 Å². The highest BCUT2D eigenvalue weighted by Gasteiger charge is 2.17. The maximum Gasteiger partial charge on any atom is 0.240 e. The Labute approximate surface area is 176 Å². The molecule has 160 valence electrons. The summed E-state index contributed by atoms with van der Waals surface area (Å²) in [5, 5.41) is 2.73. The molecule has 2 aromatic carbocycles. The molecule has 1 heterocycles. The number of carbonyl (C=O) groups excluding carboxylic acids is 2. The number of hydrogen-bond donors (Lipinski definition) is 2. The van der Waals surface area contributed by atoms with Crippen molar-refractivity contribution in [1.29, 1.82) is 0 Å². The minimum absolute atomic E-state index is 0.00331. The van der Waals surface area contributed by atoms with E-state index in [1.807, 2.05) is 0 Å². The van der Waals surface area contributed by atoms with Crippen LogP contribution in [0, 0.1) is 0 Å². The first kappa shape index (κ1) is 21.9. The van der Waals surface area contributed by atoms with E-state index in [2.05, 4.69) is 10.0 Å². The second-order valence-electron chi connectivity index (χ2n) is 6.88. The molecule has 1 aliphatic heterocycles. The van der Waals surface area contributed by atoms with Crippen molar-refractivity contribution in [1.82, 2.24) is 9.62 Å². The van der Waals surface area contributed by atoms with Gasteiger partial charge in [0, 0.05) is 31.7 Å². The van der Waals surface area contributed by atoms with Crippen molar-refractivity contribution in [3.63, 3.8) is 0 Å². The second-order valence-corrected chi connectivity index (χ2v) is 8.64. The summed E-state index contributed by atoms with van der Waals surface area (Å²) >= 11 is 0. The van der Waals surface area contributed by atoms with Gasteiger partial charge in [-0.2, -0.15) is 0 Å². The van der Waals surface area contributed by atoms with Crippen LogP contribution >= 0.6 is 0 Å². The lowest BCUT2D eigenvalue weighted by molar-refractivity contribution is -0.134. The molecule has 30 heavy (non-hydrogen) atoms. The number of sulfonamides is 1. The van der Waals surface area contributed by atoms with Crippen molar-refractivity contribution in [2.75, 3.05) is 38.2 Å². The summed E-state index contributed by atoms with van der Waals surface area (Å²) in [4.78, 5) is 26.3. The van der Waals surface area contributed by atoms with Crippen molar-refractivity contribution in [2.24, 2.45) is 0 Å². The van der Waals surface area contributed by atoms with E-state index in [1.165, 1.54) is 12.1 Å². The molecular formula is C21H25N3O5S. The summed E-state index contributed by atoms with van der Waals surface area (Å²) < 4.78 is 31.9. The molecule has 0 spiro atoms. The third kappa shape index (κ3) is 6.38. The molecule has 2 aromatic rings. The van der Waals surface area contributed by atoms with Crippen LogP contribution in [0.25, 0.3) is 0 Å². The first-order valence-electron chi connectivity index (χ1n) is 9.73. The Morgan fingerprint density at radius 3 is 2.30 bits per heavy atom. The molecule has 8 nitrogen and oxygen atoms in total. The Hall–Kier alpha value is -2.75. The summed E-state index contributed by atoms with van der Waals surface area (Å²) in [5.41, 5.74) is 1.45. The van der Waals surface area contributed by atoms with Gasteiger partial charge in [-0.05, 0) is 29.8 Å². The molecule has 0 bridgehead atoms. The zero-order valence-electron chi connectivity index (χ0n) is 16.5. The standard InChI is InChI=1S/C21H25N3O5S/c25-20(10-11-22-30(27,28)19-4-2-1-3-5-19)23-18-8-6-17(7-9-18)16-21(26)24-12-14-29-15-13-24/h1-9,22H,10-16H2,(H,23,25). The van der Waals surface area contributed by atoms with Gasteiger partial charge in [0.05, 0.1) is 24.5 Å². The molecule has 2 amide bonds. The minimum atomic E-state index is -3.63. The Balaban J connectivity index is 1.43. The molecule has 0 saturated carbocycles. The van der Waals surface area contributed by atoms with Crippen LogP contribution in [-0.4, -0.2) is 58.0 Å². The first-order chi connectivity index (χ1) is 14.4. The molecule has 0 aliphatic carbocycles. The quantitative estimate of drug-likeness (QED) is 0.657. The van der Waals surface area contributed by atoms with Gasteiger partial charge < -0.3 is 15.0 Å². The summed E-state index contributed by atoms with van der Waals surface area (Å²) in [6.07, 6.45) is 0.304. The van der Waals surface area contributed by atoms with E-state index < -0.39 is 10.0 Å². The van der Waals surface area contributed by atoms with Gasteiger partial charge in [-0.1, -0.05) is 30.3 Å². The largest absolute Gasteiger partial charge is 0.378 e. The van der Waals surface area contributed by atoms with Crippen LogP contribution in [-0.2, 0) is 30.8 Å². The number of hydrogen-bond acceptors (Lipinski definition) is 5. The van der Waals surface area contributed by atoms with Gasteiger partial charge >= 0.3 is 0 Å². The van der Waals surface area contributed by atoms with E-state index >= 15 is 0 Å². The van der Waals surface area contributed by atoms with Gasteiger partial charge in [-0.25, -0.2) is 13.1 Å². The zero-order valence-corrected chi connectivity index (χ0v) is 17.4. The zero-order chi connectivity index (χ0) is 21.4. The van der Waals surface area contributed by atoms with E-state index in [0.717, 1.165) is 5.56 Å².